The number of ether oxygens (including phenoxy) is 4. The van der Waals surface area contributed by atoms with Crippen molar-refractivity contribution in [1.29, 1.82) is 0 Å². The summed E-state index contributed by atoms with van der Waals surface area (Å²) in [5.74, 6) is -4.82. The van der Waals surface area contributed by atoms with Crippen LogP contribution < -0.4 is 0 Å². The Hall–Kier alpha value is -1.46. The standard InChI is InChI=1S/C20H23ClO10/c1-5-12(24)28-11-8(22)18-10-6(21)7(16(2,3)4)17(18)9(23)13(25)30-15(17)31-20(18,14(26)29-10)19(5,11)27/h5-11,15,22-23,27H,1-4H3/t5-,6+,7+,8+,9+,10-,11+,15+,17-,18+,19-,20+/m1/s1. The molecule has 0 unspecified atom stereocenters. The molecule has 4 aliphatic heterocycles. The summed E-state index contributed by atoms with van der Waals surface area (Å²) in [5.41, 5.74) is -8.92. The van der Waals surface area contributed by atoms with Gasteiger partial charge in [0.05, 0.1) is 22.1 Å². The monoisotopic (exact) mass is 458 g/mol. The van der Waals surface area contributed by atoms with Crippen molar-refractivity contribution in [2.45, 2.75) is 75.0 Å². The summed E-state index contributed by atoms with van der Waals surface area (Å²) in [7, 11) is 0. The minimum atomic E-state index is -2.32. The van der Waals surface area contributed by atoms with Crippen LogP contribution in [0.3, 0.4) is 0 Å². The van der Waals surface area contributed by atoms with Crippen molar-refractivity contribution < 1.29 is 48.7 Å². The molecule has 11 heteroatoms. The van der Waals surface area contributed by atoms with Crippen molar-refractivity contribution in [3.05, 3.63) is 0 Å². The Morgan fingerprint density at radius 1 is 1.00 bits per heavy atom. The van der Waals surface area contributed by atoms with Crippen LogP contribution >= 0.6 is 11.6 Å². The van der Waals surface area contributed by atoms with Gasteiger partial charge in [0.1, 0.15) is 12.2 Å². The quantitative estimate of drug-likeness (QED) is 0.231. The highest BCUT2D eigenvalue weighted by atomic mass is 35.5. The lowest BCUT2D eigenvalue weighted by Gasteiger charge is -2.47. The maximum Gasteiger partial charge on any atom is 0.343 e. The second kappa shape index (κ2) is 5.04. The Morgan fingerprint density at radius 3 is 2.26 bits per heavy atom. The SMILES string of the molecule is C[C@@H]1C(=O)O[C@H]2[C@H](O)[C@@]34[C@@H]5OC(=O)[C@@]3(O[C@@H]3OC(=O)[C@H](O)[C@]34[C@H](C(C)(C)C)[C@@H]5Cl)[C@@]12O. The summed E-state index contributed by atoms with van der Waals surface area (Å²) < 4.78 is 22.5. The molecule has 0 aromatic rings. The van der Waals surface area contributed by atoms with Gasteiger partial charge in [0.15, 0.2) is 17.8 Å². The molecule has 2 aliphatic carbocycles. The van der Waals surface area contributed by atoms with Gasteiger partial charge in [-0.05, 0) is 18.3 Å². The van der Waals surface area contributed by atoms with Gasteiger partial charge in [0.2, 0.25) is 11.9 Å². The number of hydrogen-bond donors (Lipinski definition) is 3. The largest absolute Gasteiger partial charge is 0.458 e. The number of alkyl halides is 1. The van der Waals surface area contributed by atoms with Gasteiger partial charge in [0, 0.05) is 0 Å². The molecule has 0 bridgehead atoms. The smallest absolute Gasteiger partial charge is 0.343 e. The third-order valence-corrected chi connectivity index (χ3v) is 9.39. The Labute approximate surface area is 181 Å². The highest BCUT2D eigenvalue weighted by Crippen LogP contribution is 2.85. The number of carbonyl (C=O) groups is 3. The van der Waals surface area contributed by atoms with E-state index in [-0.39, 0.29) is 0 Å². The zero-order valence-corrected chi connectivity index (χ0v) is 18.0. The zero-order chi connectivity index (χ0) is 22.7. The molecule has 2 spiro atoms. The van der Waals surface area contributed by atoms with E-state index in [0.29, 0.717) is 0 Å². The number of hydrogen-bond acceptors (Lipinski definition) is 10. The van der Waals surface area contributed by atoms with Crippen molar-refractivity contribution in [1.82, 2.24) is 0 Å². The first-order valence-corrected chi connectivity index (χ1v) is 10.7. The Kier molecular flexibility index (Phi) is 3.28. The van der Waals surface area contributed by atoms with Gasteiger partial charge in [0.25, 0.3) is 0 Å². The third kappa shape index (κ3) is 1.48. The van der Waals surface area contributed by atoms with Gasteiger partial charge in [-0.15, -0.1) is 11.6 Å². The summed E-state index contributed by atoms with van der Waals surface area (Å²) in [6, 6.07) is 0. The molecule has 2 saturated carbocycles. The fourth-order valence-corrected chi connectivity index (χ4v) is 9.03. The van der Waals surface area contributed by atoms with Gasteiger partial charge >= 0.3 is 17.9 Å². The molecule has 4 saturated heterocycles. The molecule has 12 atom stereocenters. The number of aliphatic hydroxyl groups excluding tert-OH is 2. The highest BCUT2D eigenvalue weighted by molar-refractivity contribution is 6.22. The van der Waals surface area contributed by atoms with Crippen LogP contribution in [-0.2, 0) is 33.3 Å². The molecule has 0 aromatic heterocycles. The average Bonchev–Trinajstić information content (AvgIpc) is 3.35. The van der Waals surface area contributed by atoms with E-state index in [1.165, 1.54) is 6.92 Å². The molecule has 10 nitrogen and oxygen atoms in total. The number of esters is 3. The number of rotatable bonds is 0. The minimum Gasteiger partial charge on any atom is -0.458 e. The van der Waals surface area contributed by atoms with Gasteiger partial charge < -0.3 is 34.3 Å². The molecular formula is C20H23ClO10. The molecule has 170 valence electrons. The van der Waals surface area contributed by atoms with Gasteiger partial charge in [-0.3, -0.25) is 4.79 Å². The Bertz CT molecular complexity index is 962. The van der Waals surface area contributed by atoms with E-state index in [4.69, 9.17) is 30.5 Å². The summed E-state index contributed by atoms with van der Waals surface area (Å²) in [6.45, 7) is 6.89. The summed E-state index contributed by atoms with van der Waals surface area (Å²) in [5, 5.41) is 33.9. The molecule has 0 aromatic carbocycles. The van der Waals surface area contributed by atoms with Crippen LogP contribution in [0, 0.1) is 28.1 Å². The number of halogens is 1. The Balaban J connectivity index is 1.75. The normalized spacial score (nSPS) is 61.0. The lowest BCUT2D eigenvalue weighted by molar-refractivity contribution is -0.239. The van der Waals surface area contributed by atoms with Gasteiger partial charge in [-0.25, -0.2) is 9.59 Å². The van der Waals surface area contributed by atoms with E-state index in [0.717, 1.165) is 0 Å². The maximum absolute atomic E-state index is 13.4. The van der Waals surface area contributed by atoms with E-state index in [1.807, 2.05) is 20.8 Å². The lowest BCUT2D eigenvalue weighted by atomic mass is 9.51. The van der Waals surface area contributed by atoms with E-state index in [1.54, 1.807) is 0 Å². The molecule has 6 rings (SSSR count). The van der Waals surface area contributed by atoms with Gasteiger partial charge in [-0.1, -0.05) is 20.8 Å². The first kappa shape index (κ1) is 20.2. The van der Waals surface area contributed by atoms with E-state index >= 15 is 0 Å². The molecule has 0 amide bonds. The van der Waals surface area contributed by atoms with Crippen molar-refractivity contribution in [3.63, 3.8) is 0 Å². The number of fused-ring (bicyclic) bond motifs is 1. The first-order chi connectivity index (χ1) is 14.3. The maximum atomic E-state index is 13.4. The van der Waals surface area contributed by atoms with E-state index in [2.05, 4.69) is 0 Å². The molecule has 4 heterocycles. The predicted octanol–water partition coefficient (Wildman–Crippen LogP) is -1.15. The van der Waals surface area contributed by atoms with Crippen LogP contribution in [0.4, 0.5) is 0 Å². The zero-order valence-electron chi connectivity index (χ0n) is 17.2. The average molecular weight is 459 g/mol. The van der Waals surface area contributed by atoms with Crippen LogP contribution in [0.5, 0.6) is 0 Å². The molecular weight excluding hydrogens is 436 g/mol. The molecule has 0 radical (unpaired) electrons. The van der Waals surface area contributed by atoms with Crippen molar-refractivity contribution in [3.8, 4) is 0 Å². The highest BCUT2D eigenvalue weighted by Gasteiger charge is 3.05. The molecule has 6 fully saturated rings. The summed E-state index contributed by atoms with van der Waals surface area (Å²) >= 11 is 6.88. The summed E-state index contributed by atoms with van der Waals surface area (Å²) in [6.07, 6.45) is -7.77. The summed E-state index contributed by atoms with van der Waals surface area (Å²) in [4.78, 5) is 38.4. The lowest BCUT2D eigenvalue weighted by Crippen LogP contribution is -2.67. The first-order valence-electron chi connectivity index (χ1n) is 10.3. The third-order valence-electron chi connectivity index (χ3n) is 8.91. The second-order valence-corrected chi connectivity index (χ2v) is 11.2. The predicted molar refractivity (Wildman–Crippen MR) is 97.0 cm³/mol. The Morgan fingerprint density at radius 2 is 1.65 bits per heavy atom. The second-order valence-electron chi connectivity index (χ2n) is 10.7. The van der Waals surface area contributed by atoms with Crippen molar-refractivity contribution in [2.24, 2.45) is 28.1 Å². The molecule has 6 aliphatic rings. The number of carbonyl (C=O) groups excluding carboxylic acids is 3. The van der Waals surface area contributed by atoms with Crippen molar-refractivity contribution in [2.75, 3.05) is 0 Å². The van der Waals surface area contributed by atoms with Crippen LogP contribution in [0.25, 0.3) is 0 Å². The van der Waals surface area contributed by atoms with Crippen LogP contribution in [0.15, 0.2) is 0 Å². The fraction of sp³-hybridized carbons (Fsp3) is 0.850. The fourth-order valence-electron chi connectivity index (χ4n) is 8.19. The van der Waals surface area contributed by atoms with Crippen LogP contribution in [0.2, 0.25) is 0 Å². The molecule has 31 heavy (non-hydrogen) atoms. The van der Waals surface area contributed by atoms with E-state index in [9.17, 15) is 29.7 Å². The van der Waals surface area contributed by atoms with Crippen molar-refractivity contribution >= 4 is 29.5 Å². The molecule has 3 N–H and O–H groups in total. The topological polar surface area (TPSA) is 149 Å². The number of aliphatic hydroxyl groups is 3. The van der Waals surface area contributed by atoms with E-state index < -0.39 is 93.3 Å². The minimum absolute atomic E-state index is 0.674. The van der Waals surface area contributed by atoms with Crippen LogP contribution in [0.1, 0.15) is 27.7 Å². The van der Waals surface area contributed by atoms with Gasteiger partial charge in [-0.2, -0.15) is 0 Å². The van der Waals surface area contributed by atoms with Crippen LogP contribution in [-0.4, -0.2) is 80.5 Å².